The third-order valence-corrected chi connectivity index (χ3v) is 6.45. The fraction of sp³-hybridized carbons (Fsp3) is 1.00. The van der Waals surface area contributed by atoms with E-state index in [1.165, 1.54) is 18.6 Å². The predicted octanol–water partition coefficient (Wildman–Crippen LogP) is 2.13. The third-order valence-electron chi connectivity index (χ3n) is 5.15. The molecule has 0 radical (unpaired) electrons. The zero-order chi connectivity index (χ0) is 13.3. The van der Waals surface area contributed by atoms with Crippen molar-refractivity contribution in [3.63, 3.8) is 0 Å². The summed E-state index contributed by atoms with van der Waals surface area (Å²) in [5.74, 6) is 1.99. The van der Waals surface area contributed by atoms with Crippen LogP contribution in [0, 0.1) is 5.92 Å². The van der Waals surface area contributed by atoms with E-state index in [-0.39, 0.29) is 0 Å². The van der Waals surface area contributed by atoms with Crippen LogP contribution >= 0.6 is 11.8 Å². The summed E-state index contributed by atoms with van der Waals surface area (Å²) in [6, 6.07) is 0.635. The number of β-amino-alcohol motifs (C(OH)–C–C–N with tert-alkyl or cyclic N) is 1. The van der Waals surface area contributed by atoms with Crippen molar-refractivity contribution in [1.29, 1.82) is 0 Å². The van der Waals surface area contributed by atoms with E-state index in [0.29, 0.717) is 11.3 Å². The van der Waals surface area contributed by atoms with E-state index in [4.69, 9.17) is 4.74 Å². The van der Waals surface area contributed by atoms with Gasteiger partial charge in [-0.1, -0.05) is 6.92 Å². The SMILES string of the molecule is CC1CCC(O)(CN2CCSC3COCCC32)CC1. The Morgan fingerprint density at radius 2 is 2.11 bits per heavy atom. The molecule has 110 valence electrons. The molecule has 0 bridgehead atoms. The van der Waals surface area contributed by atoms with E-state index in [1.54, 1.807) is 0 Å². The van der Waals surface area contributed by atoms with Crippen molar-refractivity contribution >= 4 is 11.8 Å². The second kappa shape index (κ2) is 5.92. The van der Waals surface area contributed by atoms with Crippen molar-refractivity contribution < 1.29 is 9.84 Å². The van der Waals surface area contributed by atoms with Crippen LogP contribution in [0.3, 0.4) is 0 Å². The summed E-state index contributed by atoms with van der Waals surface area (Å²) in [6.45, 7) is 6.14. The van der Waals surface area contributed by atoms with E-state index in [1.807, 2.05) is 0 Å². The molecule has 0 amide bonds. The molecule has 2 aliphatic heterocycles. The molecule has 3 aliphatic rings. The molecule has 3 rings (SSSR count). The molecule has 2 unspecified atom stereocenters. The van der Waals surface area contributed by atoms with Crippen LogP contribution in [0.1, 0.15) is 39.0 Å². The lowest BCUT2D eigenvalue weighted by Crippen LogP contribution is -2.57. The minimum Gasteiger partial charge on any atom is -0.389 e. The maximum atomic E-state index is 10.9. The van der Waals surface area contributed by atoms with Crippen molar-refractivity contribution in [2.75, 3.05) is 32.1 Å². The van der Waals surface area contributed by atoms with E-state index in [0.717, 1.165) is 51.5 Å². The molecule has 3 nitrogen and oxygen atoms in total. The fourth-order valence-corrected chi connectivity index (χ4v) is 5.16. The van der Waals surface area contributed by atoms with Gasteiger partial charge in [0.25, 0.3) is 0 Å². The van der Waals surface area contributed by atoms with Crippen molar-refractivity contribution in [1.82, 2.24) is 4.90 Å². The van der Waals surface area contributed by atoms with Crippen molar-refractivity contribution in [3.05, 3.63) is 0 Å². The van der Waals surface area contributed by atoms with Crippen LogP contribution in [0.2, 0.25) is 0 Å². The number of nitrogens with zero attached hydrogens (tertiary/aromatic N) is 1. The monoisotopic (exact) mass is 285 g/mol. The van der Waals surface area contributed by atoms with Gasteiger partial charge in [0, 0.05) is 36.7 Å². The molecule has 4 heteroatoms. The molecular formula is C15H27NO2S. The van der Waals surface area contributed by atoms with Gasteiger partial charge >= 0.3 is 0 Å². The van der Waals surface area contributed by atoms with Gasteiger partial charge in [-0.25, -0.2) is 0 Å². The second-order valence-electron chi connectivity index (χ2n) is 6.72. The minimum atomic E-state index is -0.419. The van der Waals surface area contributed by atoms with Gasteiger partial charge in [0.2, 0.25) is 0 Å². The molecule has 1 N–H and O–H groups in total. The van der Waals surface area contributed by atoms with Crippen molar-refractivity contribution in [3.8, 4) is 0 Å². The van der Waals surface area contributed by atoms with E-state index >= 15 is 0 Å². The van der Waals surface area contributed by atoms with Gasteiger partial charge in [-0.3, -0.25) is 4.90 Å². The molecule has 2 saturated heterocycles. The van der Waals surface area contributed by atoms with E-state index in [2.05, 4.69) is 23.6 Å². The van der Waals surface area contributed by atoms with Crippen LogP contribution in [-0.2, 0) is 4.74 Å². The molecule has 3 fully saturated rings. The number of rotatable bonds is 2. The first-order chi connectivity index (χ1) is 9.16. The first-order valence-corrected chi connectivity index (χ1v) is 8.87. The lowest BCUT2D eigenvalue weighted by Gasteiger charge is -2.47. The Bertz CT molecular complexity index is 303. The molecular weight excluding hydrogens is 258 g/mol. The number of thioether (sulfide) groups is 1. The summed E-state index contributed by atoms with van der Waals surface area (Å²) in [5.41, 5.74) is -0.419. The Hall–Kier alpha value is 0.230. The van der Waals surface area contributed by atoms with Gasteiger partial charge in [-0.15, -0.1) is 0 Å². The minimum absolute atomic E-state index is 0.419. The van der Waals surface area contributed by atoms with Crippen molar-refractivity contribution in [2.24, 2.45) is 5.92 Å². The standard InChI is InChI=1S/C15H27NO2S/c1-12-2-5-15(17,6-3-12)11-16-7-9-19-14-10-18-8-4-13(14)16/h12-14,17H,2-11H2,1H3. The highest BCUT2D eigenvalue weighted by Gasteiger charge is 2.40. The van der Waals surface area contributed by atoms with E-state index in [9.17, 15) is 5.11 Å². The molecule has 0 aromatic rings. The summed E-state index contributed by atoms with van der Waals surface area (Å²) in [7, 11) is 0. The Morgan fingerprint density at radius 1 is 1.32 bits per heavy atom. The van der Waals surface area contributed by atoms with Gasteiger partial charge in [-0.05, 0) is 38.0 Å². The van der Waals surface area contributed by atoms with Gasteiger partial charge in [0.15, 0.2) is 0 Å². The number of hydrogen-bond donors (Lipinski definition) is 1. The summed E-state index contributed by atoms with van der Waals surface area (Å²) < 4.78 is 5.61. The largest absolute Gasteiger partial charge is 0.389 e. The van der Waals surface area contributed by atoms with Crippen LogP contribution in [-0.4, -0.2) is 59.0 Å². The molecule has 0 spiro atoms. The molecule has 1 aliphatic carbocycles. The number of fused-ring (bicyclic) bond motifs is 1. The third kappa shape index (κ3) is 3.29. The van der Waals surface area contributed by atoms with Gasteiger partial charge in [-0.2, -0.15) is 11.8 Å². The maximum Gasteiger partial charge on any atom is 0.0774 e. The second-order valence-corrected chi connectivity index (χ2v) is 8.06. The number of ether oxygens (including phenoxy) is 1. The lowest BCUT2D eigenvalue weighted by atomic mass is 9.79. The van der Waals surface area contributed by atoms with Crippen LogP contribution < -0.4 is 0 Å². The topological polar surface area (TPSA) is 32.7 Å². The highest BCUT2D eigenvalue weighted by atomic mass is 32.2. The predicted molar refractivity (Wildman–Crippen MR) is 79.6 cm³/mol. The van der Waals surface area contributed by atoms with Crippen LogP contribution in [0.15, 0.2) is 0 Å². The Kier molecular flexibility index (Phi) is 4.42. The summed E-state index contributed by atoms with van der Waals surface area (Å²) in [6.07, 6.45) is 5.51. The highest BCUT2D eigenvalue weighted by molar-refractivity contribution is 8.00. The number of hydrogen-bond acceptors (Lipinski definition) is 4. The van der Waals surface area contributed by atoms with Crippen molar-refractivity contribution in [2.45, 2.75) is 55.9 Å². The molecule has 0 aromatic heterocycles. The zero-order valence-electron chi connectivity index (χ0n) is 12.0. The average Bonchev–Trinajstić information content (AvgIpc) is 2.43. The lowest BCUT2D eigenvalue weighted by molar-refractivity contribution is -0.0553. The van der Waals surface area contributed by atoms with Crippen LogP contribution in [0.5, 0.6) is 0 Å². The van der Waals surface area contributed by atoms with Gasteiger partial charge < -0.3 is 9.84 Å². The molecule has 19 heavy (non-hydrogen) atoms. The van der Waals surface area contributed by atoms with Gasteiger partial charge in [0.1, 0.15) is 0 Å². The summed E-state index contributed by atoms with van der Waals surface area (Å²) >= 11 is 2.06. The fourth-order valence-electron chi connectivity index (χ4n) is 3.80. The molecule has 2 atom stereocenters. The highest BCUT2D eigenvalue weighted by Crippen LogP contribution is 2.36. The molecule has 1 saturated carbocycles. The van der Waals surface area contributed by atoms with Gasteiger partial charge in [0.05, 0.1) is 12.2 Å². The Labute approximate surface area is 121 Å². The first-order valence-electron chi connectivity index (χ1n) is 7.82. The molecule has 0 aromatic carbocycles. The normalized spacial score (nSPS) is 44.8. The molecule has 2 heterocycles. The summed E-state index contributed by atoms with van der Waals surface area (Å²) in [4.78, 5) is 2.57. The Morgan fingerprint density at radius 3 is 2.89 bits per heavy atom. The van der Waals surface area contributed by atoms with E-state index < -0.39 is 5.60 Å². The summed E-state index contributed by atoms with van der Waals surface area (Å²) in [5, 5.41) is 11.5. The Balaban J connectivity index is 1.61. The zero-order valence-corrected chi connectivity index (χ0v) is 12.8. The van der Waals surface area contributed by atoms with Crippen LogP contribution in [0.25, 0.3) is 0 Å². The smallest absolute Gasteiger partial charge is 0.0774 e. The average molecular weight is 285 g/mol. The quantitative estimate of drug-likeness (QED) is 0.842. The number of aliphatic hydroxyl groups is 1. The van der Waals surface area contributed by atoms with Crippen LogP contribution in [0.4, 0.5) is 0 Å². The first kappa shape index (κ1) is 14.2. The maximum absolute atomic E-state index is 10.9.